The lowest BCUT2D eigenvalue weighted by molar-refractivity contribution is -0.0493. The van der Waals surface area contributed by atoms with Crippen LogP contribution < -0.4 is 15.4 Å². The number of hydrogen-bond donors (Lipinski definition) is 2. The number of thiocarbonyl (C=S) groups is 1. The van der Waals surface area contributed by atoms with Gasteiger partial charge in [-0.15, -0.1) is 11.3 Å². The molecule has 0 amide bonds. The number of hydrogen-bond acceptors (Lipinski definition) is 5. The zero-order valence-corrected chi connectivity index (χ0v) is 18.4. The standard InChI is InChI=1S/C22H20F2N2O3S2/c1-3-28-20(27)18-17(14-9-5-4-6-10-14)13(2)31-19(18)26-22(30)25-15-11-7-8-12-16(15)29-21(23)24/h4-12,21H,3H2,1-2H3,(H2,25,26,30). The van der Waals surface area contributed by atoms with Crippen LogP contribution in [0.3, 0.4) is 0 Å². The third kappa shape index (κ3) is 5.56. The molecule has 0 fully saturated rings. The number of ether oxygens (including phenoxy) is 2. The predicted octanol–water partition coefficient (Wildman–Crippen LogP) is 6.31. The molecule has 0 aliphatic rings. The number of anilines is 2. The van der Waals surface area contributed by atoms with Crippen LogP contribution in [0.1, 0.15) is 22.2 Å². The zero-order valence-electron chi connectivity index (χ0n) is 16.8. The van der Waals surface area contributed by atoms with Crippen molar-refractivity contribution < 1.29 is 23.0 Å². The molecule has 31 heavy (non-hydrogen) atoms. The Hall–Kier alpha value is -3.04. The van der Waals surface area contributed by atoms with Crippen molar-refractivity contribution in [2.45, 2.75) is 20.5 Å². The van der Waals surface area contributed by atoms with E-state index in [-0.39, 0.29) is 23.2 Å². The van der Waals surface area contributed by atoms with E-state index in [0.717, 1.165) is 16.0 Å². The van der Waals surface area contributed by atoms with Gasteiger partial charge in [0.15, 0.2) is 5.11 Å². The van der Waals surface area contributed by atoms with Crippen LogP contribution >= 0.6 is 23.6 Å². The first-order valence-electron chi connectivity index (χ1n) is 9.38. The van der Waals surface area contributed by atoms with E-state index in [1.165, 1.54) is 17.4 Å². The molecule has 162 valence electrons. The number of rotatable bonds is 7. The van der Waals surface area contributed by atoms with Gasteiger partial charge in [0.1, 0.15) is 16.3 Å². The lowest BCUT2D eigenvalue weighted by atomic mass is 10.0. The molecule has 2 N–H and O–H groups in total. The first kappa shape index (κ1) is 22.6. The van der Waals surface area contributed by atoms with Gasteiger partial charge in [-0.25, -0.2) is 4.79 Å². The van der Waals surface area contributed by atoms with Crippen LogP contribution in [-0.4, -0.2) is 24.3 Å². The molecule has 0 spiro atoms. The van der Waals surface area contributed by atoms with E-state index >= 15 is 0 Å². The van der Waals surface area contributed by atoms with E-state index in [2.05, 4.69) is 15.4 Å². The number of thiophene rings is 1. The predicted molar refractivity (Wildman–Crippen MR) is 123 cm³/mol. The summed E-state index contributed by atoms with van der Waals surface area (Å²) in [6.07, 6.45) is 0. The van der Waals surface area contributed by atoms with Gasteiger partial charge in [-0.1, -0.05) is 42.5 Å². The maximum Gasteiger partial charge on any atom is 0.387 e. The fraction of sp³-hybridized carbons (Fsp3) is 0.182. The van der Waals surface area contributed by atoms with Crippen molar-refractivity contribution in [3.63, 3.8) is 0 Å². The van der Waals surface area contributed by atoms with Crippen LogP contribution in [0.25, 0.3) is 11.1 Å². The summed E-state index contributed by atoms with van der Waals surface area (Å²) < 4.78 is 35.1. The Kier molecular flexibility index (Phi) is 7.54. The maximum absolute atomic E-state index is 12.8. The topological polar surface area (TPSA) is 59.6 Å². The highest BCUT2D eigenvalue weighted by Crippen LogP contribution is 2.40. The van der Waals surface area contributed by atoms with Crippen LogP contribution in [0, 0.1) is 6.92 Å². The van der Waals surface area contributed by atoms with Crippen molar-refractivity contribution in [2.24, 2.45) is 0 Å². The van der Waals surface area contributed by atoms with Crippen LogP contribution in [0.5, 0.6) is 5.75 Å². The summed E-state index contributed by atoms with van der Waals surface area (Å²) in [6, 6.07) is 15.7. The van der Waals surface area contributed by atoms with Gasteiger partial charge in [0.05, 0.1) is 12.3 Å². The van der Waals surface area contributed by atoms with Gasteiger partial charge in [-0.05, 0) is 43.8 Å². The molecule has 3 rings (SSSR count). The number of halogens is 2. The second-order valence-electron chi connectivity index (χ2n) is 6.28. The quantitative estimate of drug-likeness (QED) is 0.317. The Morgan fingerprint density at radius 3 is 2.45 bits per heavy atom. The van der Waals surface area contributed by atoms with Crippen LogP contribution in [0.4, 0.5) is 19.5 Å². The number of carbonyl (C=O) groups excluding carboxylic acids is 1. The van der Waals surface area contributed by atoms with E-state index < -0.39 is 12.6 Å². The maximum atomic E-state index is 12.8. The smallest absolute Gasteiger partial charge is 0.387 e. The molecule has 0 atom stereocenters. The van der Waals surface area contributed by atoms with Crippen molar-refractivity contribution in [2.75, 3.05) is 17.2 Å². The summed E-state index contributed by atoms with van der Waals surface area (Å²) in [7, 11) is 0. The molecule has 0 saturated heterocycles. The van der Waals surface area contributed by atoms with Gasteiger partial charge >= 0.3 is 12.6 Å². The van der Waals surface area contributed by atoms with E-state index in [9.17, 15) is 13.6 Å². The molecule has 0 aliphatic carbocycles. The van der Waals surface area contributed by atoms with E-state index in [4.69, 9.17) is 17.0 Å². The molecular weight excluding hydrogens is 442 g/mol. The number of esters is 1. The lowest BCUT2D eigenvalue weighted by Gasteiger charge is -2.14. The van der Waals surface area contributed by atoms with Crippen LogP contribution in [-0.2, 0) is 4.74 Å². The van der Waals surface area contributed by atoms with E-state index in [0.29, 0.717) is 10.6 Å². The van der Waals surface area contributed by atoms with Gasteiger partial charge in [-0.2, -0.15) is 8.78 Å². The van der Waals surface area contributed by atoms with Crippen molar-refractivity contribution >= 4 is 45.3 Å². The Bertz CT molecular complexity index is 1070. The summed E-state index contributed by atoms with van der Waals surface area (Å²) in [4.78, 5) is 13.7. The minimum absolute atomic E-state index is 0.0420. The molecular formula is C22H20F2N2O3S2. The van der Waals surface area contributed by atoms with Crippen molar-refractivity contribution in [3.8, 4) is 16.9 Å². The number of para-hydroxylation sites is 2. The van der Waals surface area contributed by atoms with Gasteiger partial charge in [-0.3, -0.25) is 0 Å². The Morgan fingerprint density at radius 2 is 1.77 bits per heavy atom. The summed E-state index contributed by atoms with van der Waals surface area (Å²) in [5, 5.41) is 6.47. The van der Waals surface area contributed by atoms with Crippen molar-refractivity contribution in [3.05, 3.63) is 65.0 Å². The average molecular weight is 463 g/mol. The Balaban J connectivity index is 1.91. The fourth-order valence-electron chi connectivity index (χ4n) is 3.01. The molecule has 5 nitrogen and oxygen atoms in total. The number of alkyl halides is 2. The summed E-state index contributed by atoms with van der Waals surface area (Å²) in [5.74, 6) is -0.517. The first-order valence-corrected chi connectivity index (χ1v) is 10.6. The summed E-state index contributed by atoms with van der Waals surface area (Å²) in [6.45, 7) is 0.901. The second kappa shape index (κ2) is 10.3. The SMILES string of the molecule is CCOC(=O)c1c(NC(=S)Nc2ccccc2OC(F)F)sc(C)c1-c1ccccc1. The average Bonchev–Trinajstić information content (AvgIpc) is 3.05. The molecule has 0 aliphatic heterocycles. The molecule has 2 aromatic carbocycles. The summed E-state index contributed by atoms with van der Waals surface area (Å²) in [5.41, 5.74) is 2.28. The number of benzene rings is 2. The van der Waals surface area contributed by atoms with Gasteiger partial charge in [0.25, 0.3) is 0 Å². The van der Waals surface area contributed by atoms with Crippen LogP contribution in [0.2, 0.25) is 0 Å². The third-order valence-electron chi connectivity index (χ3n) is 4.20. The highest BCUT2D eigenvalue weighted by Gasteiger charge is 2.25. The van der Waals surface area contributed by atoms with Crippen LogP contribution in [0.15, 0.2) is 54.6 Å². The second-order valence-corrected chi connectivity index (χ2v) is 7.91. The van der Waals surface area contributed by atoms with E-state index in [1.54, 1.807) is 25.1 Å². The van der Waals surface area contributed by atoms with Gasteiger partial charge < -0.3 is 20.1 Å². The molecule has 9 heteroatoms. The first-order chi connectivity index (χ1) is 14.9. The van der Waals surface area contributed by atoms with Crippen molar-refractivity contribution in [1.29, 1.82) is 0 Å². The minimum atomic E-state index is -2.96. The molecule has 0 radical (unpaired) electrons. The molecule has 1 heterocycles. The van der Waals surface area contributed by atoms with Gasteiger partial charge in [0.2, 0.25) is 0 Å². The third-order valence-corrected chi connectivity index (χ3v) is 5.43. The molecule has 3 aromatic rings. The highest BCUT2D eigenvalue weighted by atomic mass is 32.1. The number of aryl methyl sites for hydroxylation is 1. The monoisotopic (exact) mass is 462 g/mol. The lowest BCUT2D eigenvalue weighted by Crippen LogP contribution is -2.21. The van der Waals surface area contributed by atoms with E-state index in [1.807, 2.05) is 37.3 Å². The van der Waals surface area contributed by atoms with Crippen molar-refractivity contribution in [1.82, 2.24) is 0 Å². The zero-order chi connectivity index (χ0) is 22.4. The molecule has 1 aromatic heterocycles. The number of nitrogens with one attached hydrogen (secondary N) is 2. The largest absolute Gasteiger partial charge is 0.462 e. The Morgan fingerprint density at radius 1 is 1.10 bits per heavy atom. The summed E-state index contributed by atoms with van der Waals surface area (Å²) >= 11 is 6.71. The fourth-order valence-corrected chi connectivity index (χ4v) is 4.35. The van der Waals surface area contributed by atoms with Gasteiger partial charge in [0, 0.05) is 10.4 Å². The number of carbonyl (C=O) groups is 1. The molecule has 0 unspecified atom stereocenters. The highest BCUT2D eigenvalue weighted by molar-refractivity contribution is 7.80. The minimum Gasteiger partial charge on any atom is -0.462 e. The molecule has 0 bridgehead atoms. The molecule has 0 saturated carbocycles. The Labute approximate surface area is 188 Å². The normalized spacial score (nSPS) is 10.6.